The van der Waals surface area contributed by atoms with E-state index in [0.717, 1.165) is 74.5 Å². The highest BCUT2D eigenvalue weighted by Gasteiger charge is 2.25. The normalized spacial score (nSPS) is 21.5. The lowest BCUT2D eigenvalue weighted by atomic mass is 9.93. The second kappa shape index (κ2) is 9.20. The molecule has 1 saturated heterocycles. The van der Waals surface area contributed by atoms with Crippen LogP contribution in [0.25, 0.3) is 11.0 Å². The molecule has 32 heavy (non-hydrogen) atoms. The fourth-order valence-corrected chi connectivity index (χ4v) is 4.33. The second-order valence-corrected chi connectivity index (χ2v) is 8.33. The van der Waals surface area contributed by atoms with Gasteiger partial charge in [0.15, 0.2) is 5.82 Å². The third kappa shape index (κ3) is 4.57. The number of nitrogens with zero attached hydrogens (tertiary/aromatic N) is 5. The van der Waals surface area contributed by atoms with Crippen molar-refractivity contribution in [3.63, 3.8) is 0 Å². The molecule has 0 bridgehead atoms. The summed E-state index contributed by atoms with van der Waals surface area (Å²) in [6.45, 7) is 4.80. The summed E-state index contributed by atoms with van der Waals surface area (Å²) in [5.41, 5.74) is 3.08. The Balaban J connectivity index is 1.27. The minimum absolute atomic E-state index is 0.106. The van der Waals surface area contributed by atoms with Gasteiger partial charge in [-0.3, -0.25) is 4.98 Å². The van der Waals surface area contributed by atoms with Gasteiger partial charge in [0.2, 0.25) is 5.95 Å². The number of nitrogens with one attached hydrogen (secondary N) is 1. The molecule has 1 aromatic carbocycles. The molecule has 2 aliphatic rings. The van der Waals surface area contributed by atoms with Crippen LogP contribution in [0.1, 0.15) is 31.4 Å². The largest absolute Gasteiger partial charge is 0.488 e. The maximum Gasteiger partial charge on any atom is 0.223 e. The minimum Gasteiger partial charge on any atom is -0.488 e. The van der Waals surface area contributed by atoms with Gasteiger partial charge in [0.05, 0.1) is 36.7 Å². The average molecular weight is 439 g/mol. The number of hydrogen-bond acceptors (Lipinski definition) is 8. The Morgan fingerprint density at radius 2 is 1.84 bits per heavy atom. The van der Waals surface area contributed by atoms with Crippen LogP contribution in [-0.4, -0.2) is 58.4 Å². The maximum absolute atomic E-state index is 13.4. The van der Waals surface area contributed by atoms with E-state index in [1.54, 1.807) is 19.3 Å². The first-order valence-corrected chi connectivity index (χ1v) is 11.2. The van der Waals surface area contributed by atoms with Crippen LogP contribution >= 0.6 is 0 Å². The van der Waals surface area contributed by atoms with Crippen molar-refractivity contribution < 1.29 is 13.9 Å². The van der Waals surface area contributed by atoms with Crippen molar-refractivity contribution in [1.82, 2.24) is 19.9 Å². The van der Waals surface area contributed by atoms with Crippen LogP contribution < -0.4 is 15.0 Å². The summed E-state index contributed by atoms with van der Waals surface area (Å²) in [4.78, 5) is 19.6. The van der Waals surface area contributed by atoms with Crippen LogP contribution in [0.15, 0.2) is 30.7 Å². The van der Waals surface area contributed by atoms with E-state index < -0.39 is 0 Å². The van der Waals surface area contributed by atoms with Crippen LogP contribution in [0.2, 0.25) is 0 Å². The molecular weight excluding hydrogens is 411 g/mol. The zero-order valence-electron chi connectivity index (χ0n) is 18.1. The number of aryl methyl sites for hydroxylation is 1. The number of rotatable bonds is 5. The molecule has 8 nitrogen and oxygen atoms in total. The van der Waals surface area contributed by atoms with E-state index in [0.29, 0.717) is 11.6 Å². The second-order valence-electron chi connectivity index (χ2n) is 8.33. The minimum atomic E-state index is -0.387. The summed E-state index contributed by atoms with van der Waals surface area (Å²) in [6, 6.07) is 4.41. The summed E-state index contributed by atoms with van der Waals surface area (Å²) in [5.74, 6) is 0.876. The summed E-state index contributed by atoms with van der Waals surface area (Å²) in [5, 5.41) is 3.33. The highest BCUT2D eigenvalue weighted by Crippen LogP contribution is 2.33. The van der Waals surface area contributed by atoms with Gasteiger partial charge in [0, 0.05) is 43.3 Å². The van der Waals surface area contributed by atoms with Crippen LogP contribution in [-0.2, 0) is 4.74 Å². The molecule has 2 aromatic heterocycles. The molecule has 0 unspecified atom stereocenters. The zero-order valence-corrected chi connectivity index (χ0v) is 18.1. The van der Waals surface area contributed by atoms with E-state index in [-0.39, 0.29) is 18.0 Å². The van der Waals surface area contributed by atoms with Crippen LogP contribution in [0, 0.1) is 12.7 Å². The SMILES string of the molecule is Cc1nc(N[C@H]2CC[C@@H](Oc3cc(N4CCOCC4)cc4nccnc34)CC2)ncc1F. The van der Waals surface area contributed by atoms with Gasteiger partial charge in [0.1, 0.15) is 11.3 Å². The molecule has 1 aliphatic heterocycles. The summed E-state index contributed by atoms with van der Waals surface area (Å²) < 4.78 is 25.4. The van der Waals surface area contributed by atoms with Crippen LogP contribution in [0.3, 0.4) is 0 Å². The van der Waals surface area contributed by atoms with Crippen molar-refractivity contribution in [2.24, 2.45) is 0 Å². The zero-order chi connectivity index (χ0) is 21.9. The van der Waals surface area contributed by atoms with Gasteiger partial charge in [-0.1, -0.05) is 0 Å². The molecule has 168 valence electrons. The average Bonchev–Trinajstić information content (AvgIpc) is 2.83. The molecule has 9 heteroatoms. The van der Waals surface area contributed by atoms with Gasteiger partial charge in [-0.05, 0) is 38.7 Å². The van der Waals surface area contributed by atoms with Gasteiger partial charge >= 0.3 is 0 Å². The first kappa shape index (κ1) is 20.8. The fraction of sp³-hybridized carbons (Fsp3) is 0.478. The van der Waals surface area contributed by atoms with E-state index >= 15 is 0 Å². The van der Waals surface area contributed by atoms with Gasteiger partial charge in [-0.15, -0.1) is 0 Å². The Kier molecular flexibility index (Phi) is 5.98. The predicted molar refractivity (Wildman–Crippen MR) is 120 cm³/mol. The van der Waals surface area contributed by atoms with Crippen molar-refractivity contribution in [1.29, 1.82) is 0 Å². The van der Waals surface area contributed by atoms with Gasteiger partial charge in [-0.2, -0.15) is 0 Å². The number of morpholine rings is 1. The molecule has 0 spiro atoms. The number of fused-ring (bicyclic) bond motifs is 1. The van der Waals surface area contributed by atoms with Crippen molar-refractivity contribution in [3.05, 3.63) is 42.2 Å². The van der Waals surface area contributed by atoms with Crippen LogP contribution in [0.5, 0.6) is 5.75 Å². The van der Waals surface area contributed by atoms with Gasteiger partial charge in [0.25, 0.3) is 0 Å². The third-order valence-electron chi connectivity index (χ3n) is 6.12. The molecule has 0 atom stereocenters. The van der Waals surface area contributed by atoms with E-state index in [1.165, 1.54) is 6.20 Å². The number of aromatic nitrogens is 4. The highest BCUT2D eigenvalue weighted by atomic mass is 19.1. The Bertz CT molecular complexity index is 1080. The van der Waals surface area contributed by atoms with Crippen molar-refractivity contribution >= 4 is 22.7 Å². The summed E-state index contributed by atoms with van der Waals surface area (Å²) in [6.07, 6.45) is 8.40. The van der Waals surface area contributed by atoms with Crippen LogP contribution in [0.4, 0.5) is 16.0 Å². The smallest absolute Gasteiger partial charge is 0.223 e. The van der Waals surface area contributed by atoms with E-state index in [2.05, 4.69) is 42.3 Å². The number of ether oxygens (including phenoxy) is 2. The number of hydrogen-bond donors (Lipinski definition) is 1. The number of benzene rings is 1. The van der Waals surface area contributed by atoms with Crippen molar-refractivity contribution in [2.45, 2.75) is 44.8 Å². The Labute approximate surface area is 186 Å². The lowest BCUT2D eigenvalue weighted by molar-refractivity contribution is 0.122. The lowest BCUT2D eigenvalue weighted by Crippen LogP contribution is -2.36. The Morgan fingerprint density at radius 1 is 1.06 bits per heavy atom. The molecule has 0 radical (unpaired) electrons. The molecule has 1 aliphatic carbocycles. The first-order valence-electron chi connectivity index (χ1n) is 11.2. The standard InChI is InChI=1S/C23H27FN6O2/c1-15-19(24)14-27-23(28-15)29-16-2-4-18(5-3-16)32-21-13-17(30-8-10-31-11-9-30)12-20-22(21)26-7-6-25-20/h6-7,12-14,16,18H,2-5,8-11H2,1H3,(H,27,28,29)/t16-,18+. The number of halogens is 1. The molecule has 5 rings (SSSR count). The molecule has 1 N–H and O–H groups in total. The quantitative estimate of drug-likeness (QED) is 0.648. The molecule has 3 aromatic rings. The molecule has 2 fully saturated rings. The third-order valence-corrected chi connectivity index (χ3v) is 6.12. The van der Waals surface area contributed by atoms with Gasteiger partial charge < -0.3 is 19.7 Å². The monoisotopic (exact) mass is 438 g/mol. The lowest BCUT2D eigenvalue weighted by Gasteiger charge is -2.31. The summed E-state index contributed by atoms with van der Waals surface area (Å²) in [7, 11) is 0. The summed E-state index contributed by atoms with van der Waals surface area (Å²) >= 11 is 0. The topological polar surface area (TPSA) is 85.3 Å². The number of anilines is 2. The van der Waals surface area contributed by atoms with E-state index in [4.69, 9.17) is 9.47 Å². The Morgan fingerprint density at radius 3 is 2.62 bits per heavy atom. The molecule has 0 amide bonds. The fourth-order valence-electron chi connectivity index (χ4n) is 4.33. The van der Waals surface area contributed by atoms with E-state index in [1.807, 2.05) is 0 Å². The van der Waals surface area contributed by atoms with Crippen molar-refractivity contribution in [2.75, 3.05) is 36.5 Å². The van der Waals surface area contributed by atoms with Gasteiger partial charge in [-0.25, -0.2) is 19.3 Å². The maximum atomic E-state index is 13.4. The highest BCUT2D eigenvalue weighted by molar-refractivity contribution is 5.85. The molecular formula is C23H27FN6O2. The Hall–Kier alpha value is -3.07. The van der Waals surface area contributed by atoms with Crippen molar-refractivity contribution in [3.8, 4) is 5.75 Å². The molecule has 3 heterocycles. The first-order chi connectivity index (χ1) is 15.7. The molecule has 1 saturated carbocycles. The predicted octanol–water partition coefficient (Wildman–Crippen LogP) is 3.51. The van der Waals surface area contributed by atoms with E-state index in [9.17, 15) is 4.39 Å².